The molecule has 1 aliphatic rings. The van der Waals surface area contributed by atoms with Gasteiger partial charge in [0.15, 0.2) is 0 Å². The molecule has 0 bridgehead atoms. The maximum Gasteiger partial charge on any atom is 0.408 e. The number of methoxy groups -OCH3 is 1. The van der Waals surface area contributed by atoms with Crippen molar-refractivity contribution in [3.05, 3.63) is 71.8 Å². The molecule has 3 amide bonds. The Hall–Kier alpha value is -3.41. The zero-order valence-electron chi connectivity index (χ0n) is 21.8. The third-order valence-corrected chi connectivity index (χ3v) is 6.53. The van der Waals surface area contributed by atoms with Crippen LogP contribution >= 0.6 is 0 Å². The first kappa shape index (κ1) is 29.2. The Balaban J connectivity index is 1.69. The van der Waals surface area contributed by atoms with Gasteiger partial charge in [0, 0.05) is 26.7 Å². The Morgan fingerprint density at radius 3 is 2.37 bits per heavy atom. The number of alkyl carbamates (subject to hydrolysis) is 1. The highest BCUT2D eigenvalue weighted by atomic mass is 16.5. The van der Waals surface area contributed by atoms with Gasteiger partial charge in [-0.15, -0.1) is 0 Å². The molecule has 0 aromatic heterocycles. The second kappa shape index (κ2) is 15.1. The van der Waals surface area contributed by atoms with Crippen LogP contribution in [0.15, 0.2) is 60.7 Å². The third kappa shape index (κ3) is 8.86. The molecule has 5 N–H and O–H groups in total. The molecule has 1 saturated heterocycles. The van der Waals surface area contributed by atoms with Crippen LogP contribution in [0.1, 0.15) is 36.8 Å². The van der Waals surface area contributed by atoms with E-state index in [-0.39, 0.29) is 24.8 Å². The Morgan fingerprint density at radius 1 is 1.08 bits per heavy atom. The first-order valence-electron chi connectivity index (χ1n) is 12.9. The van der Waals surface area contributed by atoms with E-state index in [4.69, 9.17) is 15.1 Å². The summed E-state index contributed by atoms with van der Waals surface area (Å²) in [4.78, 5) is 41.0. The Bertz CT molecular complexity index is 1030. The Morgan fingerprint density at radius 2 is 1.74 bits per heavy atom. The molecule has 1 fully saturated rings. The number of carbonyl (C=O) groups excluding carboxylic acids is 3. The van der Waals surface area contributed by atoms with Gasteiger partial charge in [0.05, 0.1) is 5.94 Å². The van der Waals surface area contributed by atoms with Gasteiger partial charge < -0.3 is 35.7 Å². The molecule has 3 rings (SSSR count). The van der Waals surface area contributed by atoms with E-state index in [0.29, 0.717) is 38.8 Å². The fourth-order valence-electron chi connectivity index (χ4n) is 4.51. The van der Waals surface area contributed by atoms with Crippen LogP contribution in [0, 0.1) is 0 Å². The molecule has 11 heteroatoms. The number of nitrogens with one attached hydrogen (secondary N) is 2. The SMILES string of the molecule is COCCC[C@@H](NC(=O)[C@H]1CCCN1C(=O)[C@H](Cc1ccccc1)NC(=O)OCc1ccccc1)B(N)O. The first-order chi connectivity index (χ1) is 18.4. The van der Waals surface area contributed by atoms with E-state index >= 15 is 0 Å². The molecule has 0 unspecified atom stereocenters. The number of ether oxygens (including phenoxy) is 2. The van der Waals surface area contributed by atoms with Crippen molar-refractivity contribution in [3.8, 4) is 0 Å². The number of likely N-dealkylation sites (tertiary alicyclic amines) is 1. The molecule has 2 aromatic carbocycles. The zero-order chi connectivity index (χ0) is 27.3. The topological polar surface area (TPSA) is 143 Å². The minimum Gasteiger partial charge on any atom is -0.445 e. The van der Waals surface area contributed by atoms with E-state index < -0.39 is 31.2 Å². The maximum absolute atomic E-state index is 13.7. The lowest BCUT2D eigenvalue weighted by Gasteiger charge is -2.30. The second-order valence-corrected chi connectivity index (χ2v) is 9.38. The van der Waals surface area contributed by atoms with Crippen LogP contribution in [0.4, 0.5) is 4.79 Å². The van der Waals surface area contributed by atoms with Gasteiger partial charge in [-0.1, -0.05) is 60.7 Å². The molecule has 0 aliphatic carbocycles. The molecular formula is C27H37BN4O6. The molecule has 10 nitrogen and oxygen atoms in total. The monoisotopic (exact) mass is 524 g/mol. The van der Waals surface area contributed by atoms with Gasteiger partial charge in [0.2, 0.25) is 11.8 Å². The third-order valence-electron chi connectivity index (χ3n) is 6.53. The first-order valence-corrected chi connectivity index (χ1v) is 12.9. The summed E-state index contributed by atoms with van der Waals surface area (Å²) < 4.78 is 10.4. The molecule has 0 spiro atoms. The normalized spacial score (nSPS) is 16.4. The summed E-state index contributed by atoms with van der Waals surface area (Å²) in [5, 5.41) is 15.4. The molecule has 204 valence electrons. The molecule has 1 heterocycles. The number of hydrogen-bond acceptors (Lipinski definition) is 7. The highest BCUT2D eigenvalue weighted by Crippen LogP contribution is 2.20. The van der Waals surface area contributed by atoms with Crippen molar-refractivity contribution in [3.63, 3.8) is 0 Å². The fraction of sp³-hybridized carbons (Fsp3) is 0.444. The van der Waals surface area contributed by atoms with Crippen molar-refractivity contribution in [1.29, 1.82) is 0 Å². The Labute approximate surface area is 224 Å². The summed E-state index contributed by atoms with van der Waals surface area (Å²) >= 11 is 0. The lowest BCUT2D eigenvalue weighted by Crippen LogP contribution is -2.58. The van der Waals surface area contributed by atoms with Gasteiger partial charge in [-0.05, 0) is 36.8 Å². The van der Waals surface area contributed by atoms with Crippen molar-refractivity contribution in [2.24, 2.45) is 5.64 Å². The minimum absolute atomic E-state index is 0.0690. The van der Waals surface area contributed by atoms with E-state index in [0.717, 1.165) is 11.1 Å². The van der Waals surface area contributed by atoms with Gasteiger partial charge in [0.1, 0.15) is 18.7 Å². The smallest absolute Gasteiger partial charge is 0.408 e. The van der Waals surface area contributed by atoms with E-state index in [1.165, 1.54) is 4.90 Å². The lowest BCUT2D eigenvalue weighted by atomic mass is 9.72. The van der Waals surface area contributed by atoms with Crippen molar-refractivity contribution in [1.82, 2.24) is 15.5 Å². The van der Waals surface area contributed by atoms with Gasteiger partial charge >= 0.3 is 13.1 Å². The summed E-state index contributed by atoms with van der Waals surface area (Å²) in [5.41, 5.74) is 7.36. The summed E-state index contributed by atoms with van der Waals surface area (Å²) in [6.07, 6.45) is 1.68. The Kier molecular flexibility index (Phi) is 11.6. The highest BCUT2D eigenvalue weighted by molar-refractivity contribution is 6.48. The van der Waals surface area contributed by atoms with Crippen LogP contribution < -0.4 is 16.3 Å². The van der Waals surface area contributed by atoms with Gasteiger partial charge in [-0.25, -0.2) is 4.79 Å². The maximum atomic E-state index is 13.7. The quantitative estimate of drug-likeness (QED) is 0.229. The van der Waals surface area contributed by atoms with Crippen molar-refractivity contribution in [2.45, 2.75) is 56.7 Å². The molecule has 1 aliphatic heterocycles. The van der Waals surface area contributed by atoms with Crippen LogP contribution in [0.25, 0.3) is 0 Å². The molecular weight excluding hydrogens is 487 g/mol. The van der Waals surface area contributed by atoms with Crippen molar-refractivity contribution in [2.75, 3.05) is 20.3 Å². The average molecular weight is 524 g/mol. The second-order valence-electron chi connectivity index (χ2n) is 9.38. The number of benzene rings is 2. The predicted molar refractivity (Wildman–Crippen MR) is 144 cm³/mol. The number of rotatable bonds is 13. The van der Waals surface area contributed by atoms with Crippen molar-refractivity contribution >= 4 is 25.0 Å². The standard InChI is InChI=1S/C27H37BN4O6/c1-37-17-9-15-24(28(29)36)31-25(33)23-14-8-16-32(23)26(34)22(18-20-10-4-2-5-11-20)30-27(35)38-19-21-12-6-3-7-13-21/h2-7,10-13,22-24,36H,8-9,14-19,29H2,1H3,(H,30,35)(H,31,33)/t22-,23+,24+/m0/s1. The number of amides is 3. The molecule has 38 heavy (non-hydrogen) atoms. The summed E-state index contributed by atoms with van der Waals surface area (Å²) in [6.45, 7) is 0.919. The van der Waals surface area contributed by atoms with Crippen LogP contribution in [-0.2, 0) is 32.1 Å². The summed E-state index contributed by atoms with van der Waals surface area (Å²) in [5.74, 6) is -1.42. The highest BCUT2D eigenvalue weighted by Gasteiger charge is 2.39. The minimum atomic E-state index is -1.24. The average Bonchev–Trinajstić information content (AvgIpc) is 3.42. The summed E-state index contributed by atoms with van der Waals surface area (Å²) in [6, 6.07) is 16.9. The number of nitrogens with zero attached hydrogens (tertiary/aromatic N) is 1. The van der Waals surface area contributed by atoms with Crippen molar-refractivity contribution < 1.29 is 28.9 Å². The zero-order valence-corrected chi connectivity index (χ0v) is 21.8. The molecule has 3 atom stereocenters. The van der Waals surface area contributed by atoms with E-state index in [9.17, 15) is 19.4 Å². The van der Waals surface area contributed by atoms with Gasteiger partial charge in [-0.2, -0.15) is 0 Å². The molecule has 0 radical (unpaired) electrons. The van der Waals surface area contributed by atoms with Gasteiger partial charge in [-0.3, -0.25) is 9.59 Å². The number of carbonyl (C=O) groups is 3. The largest absolute Gasteiger partial charge is 0.445 e. The fourth-order valence-corrected chi connectivity index (χ4v) is 4.51. The van der Waals surface area contributed by atoms with Crippen LogP contribution in [-0.4, -0.2) is 73.2 Å². The van der Waals surface area contributed by atoms with E-state index in [1.54, 1.807) is 7.11 Å². The molecule has 0 saturated carbocycles. The number of nitrogens with two attached hydrogens (primary N) is 1. The van der Waals surface area contributed by atoms with Crippen LogP contribution in [0.2, 0.25) is 0 Å². The van der Waals surface area contributed by atoms with Crippen LogP contribution in [0.5, 0.6) is 0 Å². The number of hydrogen-bond donors (Lipinski definition) is 4. The van der Waals surface area contributed by atoms with Gasteiger partial charge in [0.25, 0.3) is 0 Å². The van der Waals surface area contributed by atoms with E-state index in [1.807, 2.05) is 60.7 Å². The van der Waals surface area contributed by atoms with Crippen LogP contribution in [0.3, 0.4) is 0 Å². The summed E-state index contributed by atoms with van der Waals surface area (Å²) in [7, 11) is 0.333. The van der Waals surface area contributed by atoms with E-state index in [2.05, 4.69) is 10.6 Å². The molecule has 2 aromatic rings. The lowest BCUT2D eigenvalue weighted by molar-refractivity contribution is -0.140. The predicted octanol–water partition coefficient (Wildman–Crippen LogP) is 1.40.